The summed E-state index contributed by atoms with van der Waals surface area (Å²) in [7, 11) is 3.60. The van der Waals surface area contributed by atoms with E-state index in [0.717, 1.165) is 11.3 Å². The number of esters is 1. The van der Waals surface area contributed by atoms with Gasteiger partial charge in [-0.3, -0.25) is 4.79 Å². The molecule has 160 valence electrons. The molecule has 1 atom stereocenters. The van der Waals surface area contributed by atoms with Gasteiger partial charge >= 0.3 is 5.97 Å². The van der Waals surface area contributed by atoms with Crippen LogP contribution < -0.4 is 4.74 Å². The minimum Gasteiger partial charge on any atom is -0.497 e. The molecule has 0 aromatic heterocycles. The maximum atomic E-state index is 13.2. The molecule has 30 heavy (non-hydrogen) atoms. The van der Waals surface area contributed by atoms with Crippen molar-refractivity contribution in [3.05, 3.63) is 76.2 Å². The van der Waals surface area contributed by atoms with E-state index in [0.29, 0.717) is 25.1 Å². The Balaban J connectivity index is 2.25. The third-order valence-electron chi connectivity index (χ3n) is 4.67. The Hall–Kier alpha value is -3.02. The minimum absolute atomic E-state index is 0.294. The molecule has 0 saturated carbocycles. The van der Waals surface area contributed by atoms with Crippen molar-refractivity contribution in [1.82, 2.24) is 4.90 Å². The quantitative estimate of drug-likeness (QED) is 0.250. The highest BCUT2D eigenvalue weighted by Gasteiger charge is 2.42. The van der Waals surface area contributed by atoms with E-state index in [-0.39, 0.29) is 0 Å². The van der Waals surface area contributed by atoms with Gasteiger partial charge in [-0.25, -0.2) is 0 Å². The Bertz CT molecular complexity index is 872. The van der Waals surface area contributed by atoms with Crippen LogP contribution in [0.4, 0.5) is 0 Å². The van der Waals surface area contributed by atoms with Gasteiger partial charge in [-0.2, -0.15) is 0 Å². The zero-order chi connectivity index (χ0) is 22.2. The molecule has 2 aromatic carbocycles. The smallest absolute Gasteiger partial charge is 0.323 e. The second kappa shape index (κ2) is 10.1. The van der Waals surface area contributed by atoms with E-state index in [2.05, 4.69) is 14.9 Å². The van der Waals surface area contributed by atoms with Crippen molar-refractivity contribution in [3.63, 3.8) is 0 Å². The van der Waals surface area contributed by atoms with Crippen LogP contribution in [0.15, 0.2) is 59.7 Å². The maximum Gasteiger partial charge on any atom is 0.323 e. The molecule has 0 N–H and O–H groups in total. The number of carbonyl (C=O) groups is 1. The molecule has 0 heterocycles. The highest BCUT2D eigenvalue weighted by atomic mass is 16.6. The molecule has 2 aromatic rings. The van der Waals surface area contributed by atoms with Crippen molar-refractivity contribution in [1.29, 1.82) is 0 Å². The first-order valence-corrected chi connectivity index (χ1v) is 9.87. The predicted octanol–water partition coefficient (Wildman–Crippen LogP) is 5.06. The van der Waals surface area contributed by atoms with E-state index < -0.39 is 17.1 Å². The van der Waals surface area contributed by atoms with E-state index in [1.165, 1.54) is 0 Å². The second-order valence-electron chi connectivity index (χ2n) is 8.25. The fourth-order valence-electron chi connectivity index (χ4n) is 3.14. The highest BCUT2D eigenvalue weighted by molar-refractivity contribution is 5.83. The Kier molecular flexibility index (Phi) is 7.86. The summed E-state index contributed by atoms with van der Waals surface area (Å²) >= 11 is 0. The van der Waals surface area contributed by atoms with Crippen LogP contribution in [-0.4, -0.2) is 37.2 Å². The molecular formula is C23H30N4O3. The van der Waals surface area contributed by atoms with Gasteiger partial charge < -0.3 is 14.4 Å². The molecule has 7 nitrogen and oxygen atoms in total. The first-order chi connectivity index (χ1) is 14.2. The lowest BCUT2D eigenvalue weighted by Gasteiger charge is -2.32. The van der Waals surface area contributed by atoms with E-state index in [1.807, 2.05) is 49.5 Å². The summed E-state index contributed by atoms with van der Waals surface area (Å²) in [6, 6.07) is 16.9. The molecule has 2 rings (SSSR count). The zero-order valence-electron chi connectivity index (χ0n) is 18.3. The van der Waals surface area contributed by atoms with Crippen molar-refractivity contribution in [2.75, 3.05) is 20.7 Å². The summed E-state index contributed by atoms with van der Waals surface area (Å²) in [5.41, 5.74) is 8.89. The Morgan fingerprint density at radius 2 is 1.73 bits per heavy atom. The molecule has 0 bridgehead atoms. The lowest BCUT2D eigenvalue weighted by Crippen LogP contribution is -2.41. The Morgan fingerprint density at radius 1 is 1.10 bits per heavy atom. The number of nitrogens with zero attached hydrogens (tertiary/aromatic N) is 4. The van der Waals surface area contributed by atoms with Gasteiger partial charge in [0.05, 0.1) is 7.11 Å². The van der Waals surface area contributed by atoms with Crippen LogP contribution in [0, 0.1) is 0 Å². The van der Waals surface area contributed by atoms with E-state index in [1.54, 1.807) is 40.0 Å². The monoisotopic (exact) mass is 410 g/mol. The number of ether oxygens (including phenoxy) is 2. The Morgan fingerprint density at radius 3 is 2.27 bits per heavy atom. The number of hydrogen-bond donors (Lipinski definition) is 0. The van der Waals surface area contributed by atoms with Crippen molar-refractivity contribution < 1.29 is 14.3 Å². The molecule has 7 heteroatoms. The summed E-state index contributed by atoms with van der Waals surface area (Å²) in [4.78, 5) is 18.3. The first kappa shape index (κ1) is 23.3. The topological polar surface area (TPSA) is 87.5 Å². The molecule has 0 fully saturated rings. The molecule has 0 spiro atoms. The maximum absolute atomic E-state index is 13.2. The van der Waals surface area contributed by atoms with Crippen LogP contribution in [0.25, 0.3) is 10.4 Å². The van der Waals surface area contributed by atoms with Gasteiger partial charge in [0, 0.05) is 11.5 Å². The zero-order valence-corrected chi connectivity index (χ0v) is 18.3. The number of azide groups is 1. The number of methoxy groups -OCH3 is 1. The normalized spacial score (nSPS) is 13.3. The molecule has 0 amide bonds. The van der Waals surface area contributed by atoms with Gasteiger partial charge in [0.15, 0.2) is 5.54 Å². The fourth-order valence-corrected chi connectivity index (χ4v) is 3.14. The third-order valence-corrected chi connectivity index (χ3v) is 4.67. The summed E-state index contributed by atoms with van der Waals surface area (Å²) in [6.45, 7) is 6.60. The van der Waals surface area contributed by atoms with Crippen molar-refractivity contribution >= 4 is 5.97 Å². The van der Waals surface area contributed by atoms with Gasteiger partial charge in [-0.15, -0.1) is 0 Å². The number of hydrogen-bond acceptors (Lipinski definition) is 5. The molecule has 0 radical (unpaired) electrons. The molecular weight excluding hydrogens is 380 g/mol. The molecule has 0 aliphatic heterocycles. The summed E-state index contributed by atoms with van der Waals surface area (Å²) in [6.07, 6.45) is 0.294. The van der Waals surface area contributed by atoms with Crippen molar-refractivity contribution in [2.45, 2.75) is 44.9 Å². The minimum atomic E-state index is -1.43. The average Bonchev–Trinajstić information content (AvgIpc) is 2.71. The van der Waals surface area contributed by atoms with Crippen LogP contribution in [0.1, 0.15) is 38.3 Å². The first-order valence-electron chi connectivity index (χ1n) is 9.87. The summed E-state index contributed by atoms with van der Waals surface area (Å²) in [5.74, 6) is 0.259. The van der Waals surface area contributed by atoms with Gasteiger partial charge in [0.1, 0.15) is 11.4 Å². The van der Waals surface area contributed by atoms with E-state index in [4.69, 9.17) is 9.47 Å². The predicted molar refractivity (Wildman–Crippen MR) is 117 cm³/mol. The van der Waals surface area contributed by atoms with Crippen LogP contribution in [0.3, 0.4) is 0 Å². The Labute approximate surface area is 178 Å². The highest BCUT2D eigenvalue weighted by Crippen LogP contribution is 2.34. The van der Waals surface area contributed by atoms with Crippen molar-refractivity contribution in [2.24, 2.45) is 5.11 Å². The molecule has 0 saturated heterocycles. The third kappa shape index (κ3) is 6.24. The van der Waals surface area contributed by atoms with Gasteiger partial charge in [0.25, 0.3) is 0 Å². The van der Waals surface area contributed by atoms with E-state index >= 15 is 0 Å². The second-order valence-corrected chi connectivity index (χ2v) is 8.25. The molecule has 0 aliphatic carbocycles. The summed E-state index contributed by atoms with van der Waals surface area (Å²) in [5, 5.41) is 3.97. The molecule has 0 aliphatic rings. The van der Waals surface area contributed by atoms with Crippen molar-refractivity contribution in [3.8, 4) is 5.75 Å². The lowest BCUT2D eigenvalue weighted by molar-refractivity contribution is -0.162. The van der Waals surface area contributed by atoms with Gasteiger partial charge in [-0.1, -0.05) is 47.6 Å². The van der Waals surface area contributed by atoms with Gasteiger partial charge in [-0.05, 0) is 69.6 Å². The summed E-state index contributed by atoms with van der Waals surface area (Å²) < 4.78 is 10.8. The fraction of sp³-hybridized carbons (Fsp3) is 0.435. The number of carbonyl (C=O) groups excluding carboxylic acids is 1. The SMILES string of the molecule is COc1ccc(CN(C)CCC(N=[N+]=[N-])(C(=O)OC(C)(C)C)c2ccccc2)cc1. The van der Waals surface area contributed by atoms with Crippen LogP contribution in [0.5, 0.6) is 5.75 Å². The number of rotatable bonds is 9. The van der Waals surface area contributed by atoms with Crippen LogP contribution in [-0.2, 0) is 21.6 Å². The van der Waals surface area contributed by atoms with Crippen LogP contribution >= 0.6 is 0 Å². The number of benzene rings is 2. The largest absolute Gasteiger partial charge is 0.497 e. The lowest BCUT2D eigenvalue weighted by atomic mass is 9.87. The van der Waals surface area contributed by atoms with Gasteiger partial charge in [0.2, 0.25) is 0 Å². The van der Waals surface area contributed by atoms with E-state index in [9.17, 15) is 10.3 Å². The average molecular weight is 411 g/mol. The van der Waals surface area contributed by atoms with Crippen LogP contribution in [0.2, 0.25) is 0 Å². The standard InChI is InChI=1S/C23H30N4O3/c1-22(2,3)30-21(28)23(25-26-24,19-9-7-6-8-10-19)15-16-27(4)17-18-11-13-20(29-5)14-12-18/h6-14H,15-17H2,1-5H3. The molecule has 1 unspecified atom stereocenters.